The monoisotopic (exact) mass is 363 g/mol. The second-order valence-electron chi connectivity index (χ2n) is 5.03. The molecule has 0 aliphatic rings. The third-order valence-corrected chi connectivity index (χ3v) is 3.55. The predicted molar refractivity (Wildman–Crippen MR) is 92.3 cm³/mol. The minimum Gasteiger partial charge on any atom is -0.465 e. The molecule has 0 aliphatic carbocycles. The number of halogens is 1. The summed E-state index contributed by atoms with van der Waals surface area (Å²) in [5.74, 6) is 0. The van der Waals surface area contributed by atoms with Gasteiger partial charge in [0.1, 0.15) is 5.69 Å². The second kappa shape index (κ2) is 7.58. The molecule has 0 saturated carbocycles. The molecule has 25 heavy (non-hydrogen) atoms. The van der Waals surface area contributed by atoms with Gasteiger partial charge in [0, 0.05) is 28.9 Å². The molecule has 10 heteroatoms. The van der Waals surface area contributed by atoms with Crippen molar-refractivity contribution in [2.75, 3.05) is 5.73 Å². The standard InChI is InChI=1S/C15H14ClN5O4/c1-2-3-12(18-15(22)23)10-7-13(16)19-20-14(10)9-5-4-8(21(24)25)6-11(9)17/h2,4-7,12,18H,1,3,17H2,(H,22,23). The fraction of sp³-hybridized carbons (Fsp3) is 0.133. The van der Waals surface area contributed by atoms with Crippen LogP contribution in [0.2, 0.25) is 5.15 Å². The summed E-state index contributed by atoms with van der Waals surface area (Å²) in [7, 11) is 0. The highest BCUT2D eigenvalue weighted by Gasteiger charge is 2.22. The second-order valence-corrected chi connectivity index (χ2v) is 5.41. The van der Waals surface area contributed by atoms with Crippen molar-refractivity contribution in [3.8, 4) is 11.3 Å². The zero-order chi connectivity index (χ0) is 18.6. The number of hydrogen-bond acceptors (Lipinski definition) is 6. The van der Waals surface area contributed by atoms with Crippen molar-refractivity contribution in [1.82, 2.24) is 15.5 Å². The number of hydrogen-bond donors (Lipinski definition) is 3. The number of non-ortho nitro benzene ring substituents is 1. The Balaban J connectivity index is 2.60. The lowest BCUT2D eigenvalue weighted by Gasteiger charge is -2.19. The molecule has 0 saturated heterocycles. The van der Waals surface area contributed by atoms with E-state index in [9.17, 15) is 14.9 Å². The first kappa shape index (κ1) is 18.1. The van der Waals surface area contributed by atoms with Gasteiger partial charge in [0.2, 0.25) is 0 Å². The molecule has 1 unspecified atom stereocenters. The molecule has 4 N–H and O–H groups in total. The van der Waals surface area contributed by atoms with E-state index in [4.69, 9.17) is 22.4 Å². The highest BCUT2D eigenvalue weighted by molar-refractivity contribution is 6.29. The van der Waals surface area contributed by atoms with Gasteiger partial charge in [-0.05, 0) is 18.6 Å². The van der Waals surface area contributed by atoms with E-state index >= 15 is 0 Å². The van der Waals surface area contributed by atoms with Crippen molar-refractivity contribution in [3.63, 3.8) is 0 Å². The third-order valence-electron chi connectivity index (χ3n) is 3.37. The van der Waals surface area contributed by atoms with Crippen LogP contribution in [0.5, 0.6) is 0 Å². The number of nitrogens with one attached hydrogen (secondary N) is 1. The molecule has 2 aromatic rings. The molecule has 1 atom stereocenters. The van der Waals surface area contributed by atoms with E-state index in [0.29, 0.717) is 11.1 Å². The van der Waals surface area contributed by atoms with Crippen LogP contribution in [0.1, 0.15) is 18.0 Å². The number of amides is 1. The molecule has 0 radical (unpaired) electrons. The van der Waals surface area contributed by atoms with Gasteiger partial charge in [0.15, 0.2) is 5.15 Å². The Labute approximate surface area is 147 Å². The van der Waals surface area contributed by atoms with E-state index in [1.54, 1.807) is 0 Å². The molecule has 1 aromatic heterocycles. The number of aromatic nitrogens is 2. The Hall–Kier alpha value is -3.20. The van der Waals surface area contributed by atoms with Gasteiger partial charge in [-0.15, -0.1) is 16.8 Å². The molecule has 1 heterocycles. The fourth-order valence-corrected chi connectivity index (χ4v) is 2.47. The predicted octanol–water partition coefficient (Wildman–Crippen LogP) is 3.17. The van der Waals surface area contributed by atoms with Crippen molar-refractivity contribution < 1.29 is 14.8 Å². The first-order valence-electron chi connectivity index (χ1n) is 7.01. The average Bonchev–Trinajstić information content (AvgIpc) is 2.54. The van der Waals surface area contributed by atoms with Crippen molar-refractivity contribution in [2.45, 2.75) is 12.5 Å². The van der Waals surface area contributed by atoms with Gasteiger partial charge in [-0.3, -0.25) is 10.1 Å². The number of nitro benzene ring substituents is 1. The van der Waals surface area contributed by atoms with Crippen LogP contribution < -0.4 is 11.1 Å². The maximum Gasteiger partial charge on any atom is 0.405 e. The van der Waals surface area contributed by atoms with Crippen molar-refractivity contribution >= 4 is 29.1 Å². The van der Waals surface area contributed by atoms with Crippen LogP contribution in [0.25, 0.3) is 11.3 Å². The number of anilines is 1. The minimum atomic E-state index is -1.23. The summed E-state index contributed by atoms with van der Waals surface area (Å²) in [6.45, 7) is 3.61. The van der Waals surface area contributed by atoms with Crippen molar-refractivity contribution in [1.29, 1.82) is 0 Å². The summed E-state index contributed by atoms with van der Waals surface area (Å²) in [5, 5.41) is 30.1. The Morgan fingerprint density at radius 2 is 2.20 bits per heavy atom. The van der Waals surface area contributed by atoms with E-state index in [2.05, 4.69) is 22.1 Å². The summed E-state index contributed by atoms with van der Waals surface area (Å²) < 4.78 is 0. The first-order valence-corrected chi connectivity index (χ1v) is 7.39. The minimum absolute atomic E-state index is 0.0699. The maximum absolute atomic E-state index is 11.1. The molecular formula is C15H14ClN5O4. The first-order chi connectivity index (χ1) is 11.8. The molecule has 9 nitrogen and oxygen atoms in total. The van der Waals surface area contributed by atoms with Gasteiger partial charge in [0.25, 0.3) is 5.69 Å². The summed E-state index contributed by atoms with van der Waals surface area (Å²) >= 11 is 5.90. The molecule has 0 spiro atoms. The third kappa shape index (κ3) is 4.21. The zero-order valence-electron chi connectivity index (χ0n) is 12.8. The highest BCUT2D eigenvalue weighted by atomic mass is 35.5. The van der Waals surface area contributed by atoms with Crippen LogP contribution in [0.15, 0.2) is 36.9 Å². The molecular weight excluding hydrogens is 350 g/mol. The van der Waals surface area contributed by atoms with Gasteiger partial charge < -0.3 is 16.2 Å². The highest BCUT2D eigenvalue weighted by Crippen LogP contribution is 2.34. The van der Waals surface area contributed by atoms with Gasteiger partial charge in [-0.25, -0.2) is 4.79 Å². The van der Waals surface area contributed by atoms with Crippen LogP contribution in [0.3, 0.4) is 0 Å². The number of rotatable bonds is 6. The number of nitrogen functional groups attached to an aromatic ring is 1. The number of benzene rings is 1. The van der Waals surface area contributed by atoms with Crippen molar-refractivity contribution in [2.24, 2.45) is 0 Å². The van der Waals surface area contributed by atoms with Gasteiger partial charge in [0.05, 0.1) is 11.0 Å². The van der Waals surface area contributed by atoms with Crippen LogP contribution in [-0.4, -0.2) is 26.3 Å². The summed E-state index contributed by atoms with van der Waals surface area (Å²) in [6.07, 6.45) is 0.578. The Kier molecular flexibility index (Phi) is 5.50. The maximum atomic E-state index is 11.1. The van der Waals surface area contributed by atoms with Crippen LogP contribution in [-0.2, 0) is 0 Å². The summed E-state index contributed by atoms with van der Waals surface area (Å²) in [5.41, 5.74) is 6.94. The summed E-state index contributed by atoms with van der Waals surface area (Å²) in [4.78, 5) is 21.3. The number of carboxylic acid groups (broad SMARTS) is 1. The lowest BCUT2D eigenvalue weighted by atomic mass is 9.97. The SMILES string of the molecule is C=CCC(NC(=O)O)c1cc(Cl)nnc1-c1ccc([N+](=O)[O-])cc1N. The normalized spacial score (nSPS) is 11.6. The number of nitrogens with two attached hydrogens (primary N) is 1. The van der Waals surface area contributed by atoms with Gasteiger partial charge >= 0.3 is 6.09 Å². The molecule has 130 valence electrons. The largest absolute Gasteiger partial charge is 0.465 e. The van der Waals surface area contributed by atoms with Crippen LogP contribution in [0, 0.1) is 10.1 Å². The molecule has 0 fully saturated rings. The molecule has 1 amide bonds. The summed E-state index contributed by atoms with van der Waals surface area (Å²) in [6, 6.07) is 4.68. The smallest absolute Gasteiger partial charge is 0.405 e. The Morgan fingerprint density at radius 1 is 1.48 bits per heavy atom. The molecule has 0 aliphatic heterocycles. The Morgan fingerprint density at radius 3 is 2.76 bits per heavy atom. The molecule has 0 bridgehead atoms. The topological polar surface area (TPSA) is 144 Å². The average molecular weight is 364 g/mol. The van der Waals surface area contributed by atoms with E-state index in [1.807, 2.05) is 0 Å². The van der Waals surface area contributed by atoms with Crippen molar-refractivity contribution in [3.05, 3.63) is 57.8 Å². The quantitative estimate of drug-likeness (QED) is 0.309. The van der Waals surface area contributed by atoms with Gasteiger partial charge in [-0.1, -0.05) is 17.7 Å². The van der Waals surface area contributed by atoms with E-state index in [-0.39, 0.29) is 28.6 Å². The van der Waals surface area contributed by atoms with Crippen LogP contribution in [0.4, 0.5) is 16.2 Å². The molecule has 2 rings (SSSR count). The number of nitro groups is 1. The molecule has 1 aromatic carbocycles. The number of nitrogens with zero attached hydrogens (tertiary/aromatic N) is 3. The lowest BCUT2D eigenvalue weighted by molar-refractivity contribution is -0.384. The van der Waals surface area contributed by atoms with E-state index in [1.165, 1.54) is 30.3 Å². The van der Waals surface area contributed by atoms with E-state index < -0.39 is 17.1 Å². The van der Waals surface area contributed by atoms with Gasteiger partial charge in [-0.2, -0.15) is 0 Å². The van der Waals surface area contributed by atoms with E-state index in [0.717, 1.165) is 0 Å². The lowest BCUT2D eigenvalue weighted by Crippen LogP contribution is -2.27. The Bertz CT molecular complexity index is 843. The fourth-order valence-electron chi connectivity index (χ4n) is 2.31. The van der Waals surface area contributed by atoms with Crippen LogP contribution >= 0.6 is 11.6 Å². The zero-order valence-corrected chi connectivity index (χ0v) is 13.6. The number of carbonyl (C=O) groups is 1.